The molecule has 2 fully saturated rings. The highest BCUT2D eigenvalue weighted by Gasteiger charge is 2.40. The first-order valence-corrected chi connectivity index (χ1v) is 8.08. The van der Waals surface area contributed by atoms with Gasteiger partial charge in [0.25, 0.3) is 0 Å². The molecule has 1 heterocycles. The highest BCUT2D eigenvalue weighted by molar-refractivity contribution is 6.39. The summed E-state index contributed by atoms with van der Waals surface area (Å²) >= 11 is 0. The number of hydrogen-bond acceptors (Lipinski definition) is 3. The molecular weight excluding hydrogens is 299 g/mol. The summed E-state index contributed by atoms with van der Waals surface area (Å²) < 4.78 is 19.2. The minimum absolute atomic E-state index is 0.0128. The van der Waals surface area contributed by atoms with Gasteiger partial charge in [-0.1, -0.05) is 13.0 Å². The van der Waals surface area contributed by atoms with Crippen molar-refractivity contribution in [3.8, 4) is 0 Å². The number of carbonyl (C=O) groups is 2. The van der Waals surface area contributed by atoms with Gasteiger partial charge in [-0.15, -0.1) is 0 Å². The van der Waals surface area contributed by atoms with Crippen molar-refractivity contribution in [1.29, 1.82) is 0 Å². The highest BCUT2D eigenvalue weighted by Crippen LogP contribution is 2.36. The number of aryl methyl sites for hydroxylation is 1. The van der Waals surface area contributed by atoms with Gasteiger partial charge in [0.2, 0.25) is 0 Å². The van der Waals surface area contributed by atoms with Gasteiger partial charge < -0.3 is 15.0 Å². The molecule has 2 aliphatic rings. The third kappa shape index (κ3) is 3.52. The molecule has 1 aliphatic heterocycles. The Labute approximate surface area is 134 Å². The van der Waals surface area contributed by atoms with Gasteiger partial charge in [-0.05, 0) is 42.9 Å². The summed E-state index contributed by atoms with van der Waals surface area (Å²) in [5.41, 5.74) is 0.880. The largest absolute Gasteiger partial charge is 0.377 e. The van der Waals surface area contributed by atoms with E-state index in [1.165, 1.54) is 6.07 Å². The highest BCUT2D eigenvalue weighted by atomic mass is 19.1. The fourth-order valence-corrected chi connectivity index (χ4v) is 2.97. The molecule has 6 heteroatoms. The summed E-state index contributed by atoms with van der Waals surface area (Å²) in [6.45, 7) is 3.22. The first-order chi connectivity index (χ1) is 11.1. The summed E-state index contributed by atoms with van der Waals surface area (Å²) in [5, 5.41) is 2.50. The topological polar surface area (TPSA) is 58.6 Å². The molecule has 23 heavy (non-hydrogen) atoms. The average Bonchev–Trinajstić information content (AvgIpc) is 3.39. The Bertz CT molecular complexity index is 616. The van der Waals surface area contributed by atoms with E-state index in [2.05, 4.69) is 5.32 Å². The van der Waals surface area contributed by atoms with Gasteiger partial charge in [-0.2, -0.15) is 0 Å². The van der Waals surface area contributed by atoms with Crippen LogP contribution in [-0.2, 0) is 20.7 Å². The summed E-state index contributed by atoms with van der Waals surface area (Å²) in [6.07, 6.45) is 2.72. The van der Waals surface area contributed by atoms with Crippen molar-refractivity contribution in [2.24, 2.45) is 5.92 Å². The predicted molar refractivity (Wildman–Crippen MR) is 83.5 cm³/mol. The second-order valence-corrected chi connectivity index (χ2v) is 6.09. The Balaban J connectivity index is 1.67. The predicted octanol–water partition coefficient (Wildman–Crippen LogP) is 1.96. The van der Waals surface area contributed by atoms with Crippen molar-refractivity contribution in [2.45, 2.75) is 32.2 Å². The van der Waals surface area contributed by atoms with Crippen molar-refractivity contribution in [3.63, 3.8) is 0 Å². The molecule has 0 unspecified atom stereocenters. The van der Waals surface area contributed by atoms with Gasteiger partial charge in [0.1, 0.15) is 5.82 Å². The summed E-state index contributed by atoms with van der Waals surface area (Å²) in [7, 11) is 0. The zero-order valence-electron chi connectivity index (χ0n) is 13.2. The van der Waals surface area contributed by atoms with E-state index < -0.39 is 11.8 Å². The Morgan fingerprint density at radius 3 is 2.83 bits per heavy atom. The number of hydrogen-bond donors (Lipinski definition) is 1. The lowest BCUT2D eigenvalue weighted by atomic mass is 10.1. The Morgan fingerprint density at radius 2 is 2.17 bits per heavy atom. The number of nitrogens with zero attached hydrogens (tertiary/aromatic N) is 1. The quantitative estimate of drug-likeness (QED) is 0.866. The van der Waals surface area contributed by atoms with E-state index in [0.29, 0.717) is 43.3 Å². The number of ether oxygens (including phenoxy) is 1. The van der Waals surface area contributed by atoms with Crippen LogP contribution in [0.15, 0.2) is 18.2 Å². The van der Waals surface area contributed by atoms with Crippen LogP contribution in [0.4, 0.5) is 10.1 Å². The van der Waals surface area contributed by atoms with Gasteiger partial charge in [0.05, 0.1) is 19.3 Å². The molecule has 3 rings (SSSR count). The molecule has 1 atom stereocenters. The lowest BCUT2D eigenvalue weighted by Gasteiger charge is -2.35. The lowest BCUT2D eigenvalue weighted by molar-refractivity contribution is -0.149. The van der Waals surface area contributed by atoms with Crippen molar-refractivity contribution >= 4 is 17.5 Å². The molecule has 2 amide bonds. The molecule has 1 aromatic carbocycles. The molecule has 0 aromatic heterocycles. The molecule has 1 saturated heterocycles. The number of carbonyl (C=O) groups excluding carboxylic acids is 2. The van der Waals surface area contributed by atoms with E-state index in [-0.39, 0.29) is 11.9 Å². The first kappa shape index (κ1) is 15.9. The van der Waals surface area contributed by atoms with Crippen molar-refractivity contribution < 1.29 is 18.7 Å². The molecule has 124 valence electrons. The summed E-state index contributed by atoms with van der Waals surface area (Å²) in [5.74, 6) is -1.22. The Kier molecular flexibility index (Phi) is 4.61. The number of nitrogens with one attached hydrogen (secondary N) is 1. The second-order valence-electron chi connectivity index (χ2n) is 6.09. The standard InChI is InChI=1S/C17H21FN2O3/c1-2-11-5-6-13(9-14(11)18)19-16(21)17(22)20-7-8-23-10-15(20)12-3-4-12/h5-6,9,12,15H,2-4,7-8,10H2,1H3,(H,19,21)/t15-/m1/s1. The number of amides is 2. The number of halogens is 1. The molecule has 0 radical (unpaired) electrons. The average molecular weight is 320 g/mol. The van der Waals surface area contributed by atoms with Crippen molar-refractivity contribution in [3.05, 3.63) is 29.6 Å². The molecule has 0 spiro atoms. The number of rotatable bonds is 3. The molecule has 1 aliphatic carbocycles. The SMILES string of the molecule is CCc1ccc(NC(=O)C(=O)N2CCOC[C@@H]2C2CC2)cc1F. The van der Waals surface area contributed by atoms with Crippen LogP contribution in [0.25, 0.3) is 0 Å². The van der Waals surface area contributed by atoms with Crippen LogP contribution in [0, 0.1) is 11.7 Å². The van der Waals surface area contributed by atoms with E-state index in [9.17, 15) is 14.0 Å². The van der Waals surface area contributed by atoms with E-state index in [0.717, 1.165) is 12.8 Å². The molecule has 1 saturated carbocycles. The molecule has 1 aromatic rings. The van der Waals surface area contributed by atoms with E-state index in [1.807, 2.05) is 6.92 Å². The van der Waals surface area contributed by atoms with Gasteiger partial charge >= 0.3 is 11.8 Å². The van der Waals surface area contributed by atoms with Crippen molar-refractivity contribution in [2.75, 3.05) is 25.1 Å². The Hall–Kier alpha value is -1.95. The first-order valence-electron chi connectivity index (χ1n) is 8.08. The van der Waals surface area contributed by atoms with Gasteiger partial charge in [-0.3, -0.25) is 9.59 Å². The maximum atomic E-state index is 13.8. The molecule has 5 nitrogen and oxygen atoms in total. The van der Waals surface area contributed by atoms with Crippen LogP contribution < -0.4 is 5.32 Å². The second kappa shape index (κ2) is 6.66. The molecular formula is C17H21FN2O3. The van der Waals surface area contributed by atoms with Crippen LogP contribution in [0.1, 0.15) is 25.3 Å². The molecule has 0 bridgehead atoms. The fraction of sp³-hybridized carbons (Fsp3) is 0.529. The maximum absolute atomic E-state index is 13.8. The van der Waals surface area contributed by atoms with Crippen molar-refractivity contribution in [1.82, 2.24) is 4.90 Å². The third-order valence-electron chi connectivity index (χ3n) is 4.48. The Morgan fingerprint density at radius 1 is 1.39 bits per heavy atom. The third-order valence-corrected chi connectivity index (χ3v) is 4.48. The normalized spacial score (nSPS) is 21.1. The lowest BCUT2D eigenvalue weighted by Crippen LogP contribution is -2.53. The van der Waals surface area contributed by atoms with Crippen LogP contribution in [-0.4, -0.2) is 42.5 Å². The van der Waals surface area contributed by atoms with E-state index in [4.69, 9.17) is 4.74 Å². The number of morpholine rings is 1. The maximum Gasteiger partial charge on any atom is 0.313 e. The van der Waals surface area contributed by atoms with E-state index >= 15 is 0 Å². The van der Waals surface area contributed by atoms with Gasteiger partial charge in [0.15, 0.2) is 0 Å². The fourth-order valence-electron chi connectivity index (χ4n) is 2.97. The van der Waals surface area contributed by atoms with Crippen LogP contribution in [0.3, 0.4) is 0 Å². The van der Waals surface area contributed by atoms with E-state index in [1.54, 1.807) is 17.0 Å². The van der Waals surface area contributed by atoms with Crippen LogP contribution in [0.5, 0.6) is 0 Å². The zero-order valence-corrected chi connectivity index (χ0v) is 13.2. The summed E-state index contributed by atoms with van der Waals surface area (Å²) in [4.78, 5) is 26.2. The smallest absolute Gasteiger partial charge is 0.313 e. The van der Waals surface area contributed by atoms with Crippen LogP contribution >= 0.6 is 0 Å². The minimum Gasteiger partial charge on any atom is -0.377 e. The number of benzene rings is 1. The van der Waals surface area contributed by atoms with Gasteiger partial charge in [0, 0.05) is 12.2 Å². The monoisotopic (exact) mass is 320 g/mol. The van der Waals surface area contributed by atoms with Gasteiger partial charge in [-0.25, -0.2) is 4.39 Å². The number of anilines is 1. The summed E-state index contributed by atoms with van der Waals surface area (Å²) in [6, 6.07) is 4.48. The minimum atomic E-state index is -0.721. The van der Waals surface area contributed by atoms with Crippen LogP contribution in [0.2, 0.25) is 0 Å². The zero-order chi connectivity index (χ0) is 16.4. The molecule has 1 N–H and O–H groups in total.